The number of urea groups is 1. The fourth-order valence-electron chi connectivity index (χ4n) is 1.68. The molecule has 3 amide bonds. The van der Waals surface area contributed by atoms with Crippen LogP contribution in [0.2, 0.25) is 5.02 Å². The number of carboxylic acid groups (broad SMARTS) is 1. The highest BCUT2D eigenvalue weighted by atomic mass is 35.5. The molecule has 0 aliphatic heterocycles. The summed E-state index contributed by atoms with van der Waals surface area (Å²) in [5.74, 6) is -1.48. The molecule has 1 atom stereocenters. The van der Waals surface area contributed by atoms with Gasteiger partial charge in [0.2, 0.25) is 5.91 Å². The standard InChI is InChI=1S/C14H17ClN2O4/c1-9(10-4-2-5-11(15)8-10)16-14(21)17-12(18)6-3-7-13(19)20/h2,4-5,8-9H,3,6-7H2,1H3,(H,19,20)(H2,16,17,18,21). The predicted molar refractivity (Wildman–Crippen MR) is 78.0 cm³/mol. The van der Waals surface area contributed by atoms with Gasteiger partial charge in [0, 0.05) is 17.9 Å². The molecule has 0 aliphatic rings. The number of carbonyl (C=O) groups excluding carboxylic acids is 2. The van der Waals surface area contributed by atoms with Gasteiger partial charge in [-0.15, -0.1) is 0 Å². The number of benzene rings is 1. The van der Waals surface area contributed by atoms with Crippen molar-refractivity contribution < 1.29 is 19.5 Å². The number of rotatable bonds is 6. The Morgan fingerprint density at radius 2 is 2.00 bits per heavy atom. The number of imide groups is 1. The van der Waals surface area contributed by atoms with Gasteiger partial charge in [0.05, 0.1) is 6.04 Å². The Balaban J connectivity index is 2.39. The average Bonchev–Trinajstić information content (AvgIpc) is 2.37. The Bertz CT molecular complexity index is 533. The third kappa shape index (κ3) is 6.76. The van der Waals surface area contributed by atoms with Crippen LogP contribution in [-0.4, -0.2) is 23.0 Å². The first-order valence-electron chi connectivity index (χ1n) is 6.46. The molecule has 0 fully saturated rings. The van der Waals surface area contributed by atoms with Gasteiger partial charge in [-0.25, -0.2) is 4.79 Å². The van der Waals surface area contributed by atoms with E-state index in [1.165, 1.54) is 0 Å². The van der Waals surface area contributed by atoms with Crippen molar-refractivity contribution in [3.05, 3.63) is 34.9 Å². The second-order valence-electron chi connectivity index (χ2n) is 4.55. The highest BCUT2D eigenvalue weighted by Gasteiger charge is 2.12. The molecule has 21 heavy (non-hydrogen) atoms. The molecule has 7 heteroatoms. The minimum atomic E-state index is -0.971. The number of hydrogen-bond donors (Lipinski definition) is 3. The van der Waals surface area contributed by atoms with Crippen molar-refractivity contribution in [1.29, 1.82) is 0 Å². The maximum Gasteiger partial charge on any atom is 0.321 e. The van der Waals surface area contributed by atoms with Crippen LogP contribution in [0.1, 0.15) is 37.8 Å². The molecular formula is C14H17ClN2O4. The Labute approximate surface area is 127 Å². The first-order valence-corrected chi connectivity index (χ1v) is 6.84. The molecule has 0 saturated carbocycles. The van der Waals surface area contributed by atoms with Gasteiger partial charge in [-0.2, -0.15) is 0 Å². The summed E-state index contributed by atoms with van der Waals surface area (Å²) >= 11 is 5.86. The first-order chi connectivity index (χ1) is 9.88. The van der Waals surface area contributed by atoms with E-state index in [9.17, 15) is 14.4 Å². The maximum atomic E-state index is 11.6. The van der Waals surface area contributed by atoms with Crippen molar-refractivity contribution in [2.45, 2.75) is 32.2 Å². The smallest absolute Gasteiger partial charge is 0.321 e. The SMILES string of the molecule is CC(NC(=O)NC(=O)CCCC(=O)O)c1cccc(Cl)c1. The zero-order chi connectivity index (χ0) is 15.8. The van der Waals surface area contributed by atoms with Crippen LogP contribution >= 0.6 is 11.6 Å². The van der Waals surface area contributed by atoms with Gasteiger partial charge < -0.3 is 10.4 Å². The van der Waals surface area contributed by atoms with Crippen LogP contribution in [0.25, 0.3) is 0 Å². The van der Waals surface area contributed by atoms with E-state index >= 15 is 0 Å². The average molecular weight is 313 g/mol. The van der Waals surface area contributed by atoms with Crippen LogP contribution in [0.5, 0.6) is 0 Å². The van der Waals surface area contributed by atoms with Crippen molar-refractivity contribution in [3.63, 3.8) is 0 Å². The molecule has 0 aliphatic carbocycles. The summed E-state index contributed by atoms with van der Waals surface area (Å²) in [6, 6.07) is 6.10. The van der Waals surface area contributed by atoms with Gasteiger partial charge in [-0.1, -0.05) is 23.7 Å². The number of carboxylic acids is 1. The van der Waals surface area contributed by atoms with E-state index in [2.05, 4.69) is 10.6 Å². The highest BCUT2D eigenvalue weighted by molar-refractivity contribution is 6.30. The molecule has 0 bridgehead atoms. The second kappa shape index (κ2) is 8.26. The van der Waals surface area contributed by atoms with Crippen molar-refractivity contribution in [2.75, 3.05) is 0 Å². The summed E-state index contributed by atoms with van der Waals surface area (Å²) in [6.45, 7) is 1.76. The molecule has 0 heterocycles. The zero-order valence-corrected chi connectivity index (χ0v) is 12.3. The van der Waals surface area contributed by atoms with Crippen molar-refractivity contribution in [2.24, 2.45) is 0 Å². The monoisotopic (exact) mass is 312 g/mol. The van der Waals surface area contributed by atoms with Gasteiger partial charge in [0.15, 0.2) is 0 Å². The van der Waals surface area contributed by atoms with Gasteiger partial charge in [0.1, 0.15) is 0 Å². The lowest BCUT2D eigenvalue weighted by Crippen LogP contribution is -2.40. The van der Waals surface area contributed by atoms with E-state index < -0.39 is 17.9 Å². The normalized spacial score (nSPS) is 11.5. The molecule has 1 aromatic carbocycles. The van der Waals surface area contributed by atoms with Crippen molar-refractivity contribution in [1.82, 2.24) is 10.6 Å². The topological polar surface area (TPSA) is 95.5 Å². The molecular weight excluding hydrogens is 296 g/mol. The van der Waals surface area contributed by atoms with E-state index in [1.54, 1.807) is 25.1 Å². The number of hydrogen-bond acceptors (Lipinski definition) is 3. The Morgan fingerprint density at radius 1 is 1.29 bits per heavy atom. The summed E-state index contributed by atoms with van der Waals surface area (Å²) in [5.41, 5.74) is 0.816. The van der Waals surface area contributed by atoms with Gasteiger partial charge >= 0.3 is 12.0 Å². The van der Waals surface area contributed by atoms with E-state index in [1.807, 2.05) is 6.07 Å². The quantitative estimate of drug-likeness (QED) is 0.752. The summed E-state index contributed by atoms with van der Waals surface area (Å²) in [5, 5.41) is 13.8. The molecule has 0 aromatic heterocycles. The number of amides is 3. The fourth-order valence-corrected chi connectivity index (χ4v) is 1.88. The first kappa shape index (κ1) is 17.0. The van der Waals surface area contributed by atoms with E-state index in [-0.39, 0.29) is 25.3 Å². The van der Waals surface area contributed by atoms with Crippen LogP contribution < -0.4 is 10.6 Å². The molecule has 6 nitrogen and oxygen atoms in total. The number of halogens is 1. The largest absolute Gasteiger partial charge is 0.481 e. The van der Waals surface area contributed by atoms with Gasteiger partial charge in [0.25, 0.3) is 0 Å². The Morgan fingerprint density at radius 3 is 2.62 bits per heavy atom. The summed E-state index contributed by atoms with van der Waals surface area (Å²) < 4.78 is 0. The van der Waals surface area contributed by atoms with Crippen molar-refractivity contribution in [3.8, 4) is 0 Å². The van der Waals surface area contributed by atoms with E-state index in [0.29, 0.717) is 5.02 Å². The van der Waals surface area contributed by atoms with Crippen molar-refractivity contribution >= 4 is 29.5 Å². The zero-order valence-electron chi connectivity index (χ0n) is 11.6. The lowest BCUT2D eigenvalue weighted by Gasteiger charge is -2.14. The lowest BCUT2D eigenvalue weighted by molar-refractivity contribution is -0.137. The maximum absolute atomic E-state index is 11.6. The van der Waals surface area contributed by atoms with Gasteiger partial charge in [-0.3, -0.25) is 14.9 Å². The number of aliphatic carboxylic acids is 1. The Kier molecular flexibility index (Phi) is 6.68. The molecule has 0 spiro atoms. The molecule has 1 aromatic rings. The molecule has 0 radical (unpaired) electrons. The number of nitrogens with one attached hydrogen (secondary N) is 2. The minimum Gasteiger partial charge on any atom is -0.481 e. The summed E-state index contributed by atoms with van der Waals surface area (Å²) in [6.07, 6.45) is 0.0809. The summed E-state index contributed by atoms with van der Waals surface area (Å²) in [7, 11) is 0. The van der Waals surface area contributed by atoms with Crippen LogP contribution in [0.15, 0.2) is 24.3 Å². The lowest BCUT2D eigenvalue weighted by atomic mass is 10.1. The van der Waals surface area contributed by atoms with Crippen LogP contribution in [0, 0.1) is 0 Å². The Hall–Kier alpha value is -2.08. The van der Waals surface area contributed by atoms with E-state index in [4.69, 9.17) is 16.7 Å². The second-order valence-corrected chi connectivity index (χ2v) is 4.98. The molecule has 1 rings (SSSR count). The van der Waals surface area contributed by atoms with E-state index in [0.717, 1.165) is 5.56 Å². The van der Waals surface area contributed by atoms with Crippen LogP contribution in [0.4, 0.5) is 4.79 Å². The molecule has 0 saturated heterocycles. The summed E-state index contributed by atoms with van der Waals surface area (Å²) in [4.78, 5) is 33.4. The third-order valence-electron chi connectivity index (χ3n) is 2.74. The molecule has 3 N–H and O–H groups in total. The highest BCUT2D eigenvalue weighted by Crippen LogP contribution is 2.17. The molecule has 1 unspecified atom stereocenters. The predicted octanol–water partition coefficient (Wildman–Crippen LogP) is 2.48. The van der Waals surface area contributed by atoms with Crippen LogP contribution in [-0.2, 0) is 9.59 Å². The minimum absolute atomic E-state index is 0.00866. The number of carbonyl (C=O) groups is 3. The third-order valence-corrected chi connectivity index (χ3v) is 2.98. The van der Waals surface area contributed by atoms with Gasteiger partial charge in [-0.05, 0) is 31.0 Å². The van der Waals surface area contributed by atoms with Crippen LogP contribution in [0.3, 0.4) is 0 Å². The molecule has 114 valence electrons. The fraction of sp³-hybridized carbons (Fsp3) is 0.357.